The summed E-state index contributed by atoms with van der Waals surface area (Å²) in [6.07, 6.45) is 0.524. The lowest BCUT2D eigenvalue weighted by Crippen LogP contribution is -2.35. The second kappa shape index (κ2) is 4.58. The Morgan fingerprint density at radius 3 is 2.85 bits per heavy atom. The molecule has 0 saturated carbocycles. The van der Waals surface area contributed by atoms with E-state index in [2.05, 4.69) is 18.9 Å². The van der Waals surface area contributed by atoms with Crippen molar-refractivity contribution >= 4 is 5.91 Å². The molecular weight excluding hydrogens is 166 g/mol. The number of amides is 1. The lowest BCUT2D eigenvalue weighted by molar-refractivity contribution is -0.127. The molecule has 1 aliphatic heterocycles. The monoisotopic (exact) mass is 185 g/mol. The van der Waals surface area contributed by atoms with E-state index >= 15 is 0 Å². The Bertz CT molecular complexity index is 184. The van der Waals surface area contributed by atoms with Gasteiger partial charge in [0.05, 0.1) is 0 Å². The van der Waals surface area contributed by atoms with Crippen molar-refractivity contribution in [3.63, 3.8) is 0 Å². The second-order valence-electron chi connectivity index (χ2n) is 3.70. The lowest BCUT2D eigenvalue weighted by atomic mass is 10.3. The predicted octanol–water partition coefficient (Wildman–Crippen LogP) is -0.502. The molecule has 0 aromatic heterocycles. The molecule has 0 aromatic carbocycles. The summed E-state index contributed by atoms with van der Waals surface area (Å²) in [5.74, 6) is 0.206. The zero-order chi connectivity index (χ0) is 9.84. The van der Waals surface area contributed by atoms with E-state index < -0.39 is 0 Å². The van der Waals surface area contributed by atoms with Crippen LogP contribution in [0, 0.1) is 0 Å². The molecule has 13 heavy (non-hydrogen) atoms. The van der Waals surface area contributed by atoms with E-state index in [1.54, 1.807) is 0 Å². The summed E-state index contributed by atoms with van der Waals surface area (Å²) in [6.45, 7) is 5.62. The van der Waals surface area contributed by atoms with E-state index in [0.717, 1.165) is 26.2 Å². The minimum Gasteiger partial charge on any atom is -0.340 e. The molecule has 0 bridgehead atoms. The van der Waals surface area contributed by atoms with Crippen LogP contribution in [0.2, 0.25) is 0 Å². The van der Waals surface area contributed by atoms with Gasteiger partial charge in [-0.3, -0.25) is 4.79 Å². The number of carbonyl (C=O) groups is 1. The van der Waals surface area contributed by atoms with Gasteiger partial charge in [0.1, 0.15) is 0 Å². The highest BCUT2D eigenvalue weighted by Gasteiger charge is 2.26. The van der Waals surface area contributed by atoms with Gasteiger partial charge in [0.25, 0.3) is 0 Å². The number of likely N-dealkylation sites (N-methyl/N-ethyl adjacent to an activating group) is 1. The molecule has 2 N–H and O–H groups in total. The fourth-order valence-electron chi connectivity index (χ4n) is 1.47. The van der Waals surface area contributed by atoms with Gasteiger partial charge in [0, 0.05) is 32.1 Å². The van der Waals surface area contributed by atoms with Crippen LogP contribution < -0.4 is 5.73 Å². The largest absolute Gasteiger partial charge is 0.340 e. The molecule has 4 nitrogen and oxygen atoms in total. The Labute approximate surface area is 79.7 Å². The average Bonchev–Trinajstić information content (AvgIpc) is 2.41. The van der Waals surface area contributed by atoms with Crippen molar-refractivity contribution in [2.24, 2.45) is 5.73 Å². The molecule has 1 atom stereocenters. The summed E-state index contributed by atoms with van der Waals surface area (Å²) in [7, 11) is 2.06. The summed E-state index contributed by atoms with van der Waals surface area (Å²) in [5, 5.41) is 0. The fourth-order valence-corrected chi connectivity index (χ4v) is 1.47. The average molecular weight is 185 g/mol. The molecule has 1 fully saturated rings. The Hall–Kier alpha value is -0.610. The maximum atomic E-state index is 11.3. The molecular formula is C9H19N3O. The molecule has 0 spiro atoms. The standard InChI is InChI=1S/C9H19N3O/c1-3-11(2)4-5-12-7-8(10)6-9(12)13/h8H,3-7,10H2,1-2H3. The summed E-state index contributed by atoms with van der Waals surface area (Å²) in [6, 6.07) is 0.0550. The first-order valence-corrected chi connectivity index (χ1v) is 4.85. The van der Waals surface area contributed by atoms with Crippen LogP contribution in [0.3, 0.4) is 0 Å². The molecule has 1 unspecified atom stereocenters. The summed E-state index contributed by atoms with van der Waals surface area (Å²) >= 11 is 0. The maximum absolute atomic E-state index is 11.3. The van der Waals surface area contributed by atoms with Crippen LogP contribution in [0.1, 0.15) is 13.3 Å². The van der Waals surface area contributed by atoms with Crippen LogP contribution in [0.4, 0.5) is 0 Å². The number of hydrogen-bond acceptors (Lipinski definition) is 3. The number of rotatable bonds is 4. The van der Waals surface area contributed by atoms with Gasteiger partial charge >= 0.3 is 0 Å². The molecule has 4 heteroatoms. The molecule has 1 heterocycles. The van der Waals surface area contributed by atoms with Gasteiger partial charge in [-0.15, -0.1) is 0 Å². The van der Waals surface area contributed by atoms with E-state index in [1.807, 2.05) is 4.90 Å². The quantitative estimate of drug-likeness (QED) is 0.642. The van der Waals surface area contributed by atoms with Gasteiger partial charge in [-0.2, -0.15) is 0 Å². The van der Waals surface area contributed by atoms with Gasteiger partial charge in [-0.05, 0) is 13.6 Å². The van der Waals surface area contributed by atoms with Crippen LogP contribution in [-0.4, -0.2) is 55.0 Å². The molecule has 0 aromatic rings. The van der Waals surface area contributed by atoms with Crippen molar-refractivity contribution in [1.29, 1.82) is 0 Å². The molecule has 0 aliphatic carbocycles. The van der Waals surface area contributed by atoms with Gasteiger partial charge in [0.15, 0.2) is 0 Å². The second-order valence-corrected chi connectivity index (χ2v) is 3.70. The summed E-state index contributed by atoms with van der Waals surface area (Å²) in [4.78, 5) is 15.4. The van der Waals surface area contributed by atoms with Gasteiger partial charge in [-0.1, -0.05) is 6.92 Å². The normalized spacial score (nSPS) is 23.2. The highest BCUT2D eigenvalue weighted by atomic mass is 16.2. The van der Waals surface area contributed by atoms with Gasteiger partial charge in [0.2, 0.25) is 5.91 Å². The van der Waals surface area contributed by atoms with Crippen LogP contribution in [0.5, 0.6) is 0 Å². The van der Waals surface area contributed by atoms with Crippen molar-refractivity contribution in [2.45, 2.75) is 19.4 Å². The molecule has 0 radical (unpaired) electrons. The zero-order valence-electron chi connectivity index (χ0n) is 8.49. The van der Waals surface area contributed by atoms with Crippen molar-refractivity contribution in [3.8, 4) is 0 Å². The van der Waals surface area contributed by atoms with Crippen LogP contribution in [0.25, 0.3) is 0 Å². The van der Waals surface area contributed by atoms with Crippen LogP contribution in [-0.2, 0) is 4.79 Å². The number of nitrogens with two attached hydrogens (primary N) is 1. The zero-order valence-corrected chi connectivity index (χ0v) is 8.49. The number of likely N-dealkylation sites (tertiary alicyclic amines) is 1. The molecule has 76 valence electrons. The Balaban J connectivity index is 2.25. The highest BCUT2D eigenvalue weighted by Crippen LogP contribution is 2.08. The minimum atomic E-state index is 0.0550. The third kappa shape index (κ3) is 2.97. The molecule has 1 saturated heterocycles. The maximum Gasteiger partial charge on any atom is 0.224 e. The van der Waals surface area contributed by atoms with Crippen molar-refractivity contribution in [3.05, 3.63) is 0 Å². The van der Waals surface area contributed by atoms with E-state index in [1.165, 1.54) is 0 Å². The number of hydrogen-bond donors (Lipinski definition) is 1. The number of carbonyl (C=O) groups excluding carboxylic acids is 1. The Morgan fingerprint density at radius 1 is 1.69 bits per heavy atom. The highest BCUT2D eigenvalue weighted by molar-refractivity contribution is 5.79. The Kier molecular flexibility index (Phi) is 3.69. The third-order valence-corrected chi connectivity index (χ3v) is 2.54. The van der Waals surface area contributed by atoms with Crippen molar-refractivity contribution < 1.29 is 4.79 Å². The summed E-state index contributed by atoms with van der Waals surface area (Å²) < 4.78 is 0. The smallest absolute Gasteiger partial charge is 0.224 e. The first-order chi connectivity index (χ1) is 6.13. The number of nitrogens with zero attached hydrogens (tertiary/aromatic N) is 2. The third-order valence-electron chi connectivity index (χ3n) is 2.54. The summed E-state index contributed by atoms with van der Waals surface area (Å²) in [5.41, 5.74) is 5.68. The van der Waals surface area contributed by atoms with Gasteiger partial charge in [-0.25, -0.2) is 0 Å². The predicted molar refractivity (Wildman–Crippen MR) is 52.3 cm³/mol. The minimum absolute atomic E-state index is 0.0550. The van der Waals surface area contributed by atoms with E-state index in [4.69, 9.17) is 5.73 Å². The fraction of sp³-hybridized carbons (Fsp3) is 0.889. The van der Waals surface area contributed by atoms with E-state index in [0.29, 0.717) is 6.42 Å². The van der Waals surface area contributed by atoms with Crippen molar-refractivity contribution in [1.82, 2.24) is 9.80 Å². The van der Waals surface area contributed by atoms with Crippen LogP contribution in [0.15, 0.2) is 0 Å². The Morgan fingerprint density at radius 2 is 2.38 bits per heavy atom. The first-order valence-electron chi connectivity index (χ1n) is 4.85. The SMILES string of the molecule is CCN(C)CCN1CC(N)CC1=O. The first kappa shape index (κ1) is 10.5. The topological polar surface area (TPSA) is 49.6 Å². The molecule has 1 rings (SSSR count). The van der Waals surface area contributed by atoms with Gasteiger partial charge < -0.3 is 15.5 Å². The molecule has 1 aliphatic rings. The van der Waals surface area contributed by atoms with Crippen LogP contribution >= 0.6 is 0 Å². The molecule has 1 amide bonds. The lowest BCUT2D eigenvalue weighted by Gasteiger charge is -2.20. The van der Waals surface area contributed by atoms with E-state index in [9.17, 15) is 4.79 Å². The van der Waals surface area contributed by atoms with E-state index in [-0.39, 0.29) is 11.9 Å². The van der Waals surface area contributed by atoms with Crippen molar-refractivity contribution in [2.75, 3.05) is 33.2 Å².